The van der Waals surface area contributed by atoms with E-state index in [-0.39, 0.29) is 0 Å². The van der Waals surface area contributed by atoms with Crippen molar-refractivity contribution >= 4 is 5.91 Å². The van der Waals surface area contributed by atoms with Gasteiger partial charge >= 0.3 is 0 Å². The minimum atomic E-state index is 0.327. The minimum absolute atomic E-state index is 0.327. The molecule has 4 heterocycles. The van der Waals surface area contributed by atoms with E-state index in [0.29, 0.717) is 24.3 Å². The van der Waals surface area contributed by atoms with Crippen molar-refractivity contribution in [3.05, 3.63) is 65.5 Å². The monoisotopic (exact) mass is 363 g/mol. The number of pyridine rings is 1. The molecule has 3 saturated heterocycles. The van der Waals surface area contributed by atoms with Crippen LogP contribution in [0.2, 0.25) is 0 Å². The number of amides is 1. The number of piperidine rings is 1. The maximum atomic E-state index is 12.9. The molecule has 0 saturated carbocycles. The first-order chi connectivity index (χ1) is 13.2. The molecule has 5 rings (SSSR count). The van der Waals surface area contributed by atoms with Crippen molar-refractivity contribution in [2.45, 2.75) is 45.2 Å². The number of carbonyl (C=O) groups is 1. The summed E-state index contributed by atoms with van der Waals surface area (Å²) in [5.41, 5.74) is 3.78. The number of fused-ring (bicyclic) bond motifs is 4. The molecule has 0 N–H and O–H groups in total. The van der Waals surface area contributed by atoms with Gasteiger partial charge in [0, 0.05) is 51.0 Å². The van der Waals surface area contributed by atoms with Crippen LogP contribution in [0.5, 0.6) is 0 Å². The molecule has 2 bridgehead atoms. The van der Waals surface area contributed by atoms with Gasteiger partial charge in [0.25, 0.3) is 0 Å². The predicted octanol–water partition coefficient (Wildman–Crippen LogP) is 3.45. The van der Waals surface area contributed by atoms with Crippen LogP contribution in [-0.2, 0) is 17.8 Å². The van der Waals surface area contributed by atoms with E-state index >= 15 is 0 Å². The summed E-state index contributed by atoms with van der Waals surface area (Å²) < 4.78 is 0. The summed E-state index contributed by atoms with van der Waals surface area (Å²) in [6, 6.07) is 13.1. The van der Waals surface area contributed by atoms with E-state index in [1.807, 2.05) is 18.5 Å². The van der Waals surface area contributed by atoms with Gasteiger partial charge in [-0.25, -0.2) is 0 Å². The Hall–Kier alpha value is -2.20. The summed E-state index contributed by atoms with van der Waals surface area (Å²) in [5, 5.41) is 0. The molecule has 142 valence electrons. The lowest BCUT2D eigenvalue weighted by atomic mass is 9.94. The predicted molar refractivity (Wildman–Crippen MR) is 107 cm³/mol. The van der Waals surface area contributed by atoms with Crippen molar-refractivity contribution in [3.8, 4) is 0 Å². The molecule has 2 atom stereocenters. The first-order valence-corrected chi connectivity index (χ1v) is 10.1. The fourth-order valence-electron chi connectivity index (χ4n) is 4.51. The van der Waals surface area contributed by atoms with Crippen molar-refractivity contribution < 1.29 is 4.79 Å². The number of aryl methyl sites for hydroxylation is 2. The van der Waals surface area contributed by atoms with Gasteiger partial charge in [-0.1, -0.05) is 35.9 Å². The zero-order valence-electron chi connectivity index (χ0n) is 16.2. The minimum Gasteiger partial charge on any atom is -0.338 e. The Morgan fingerprint density at radius 2 is 1.93 bits per heavy atom. The molecule has 0 radical (unpaired) electrons. The van der Waals surface area contributed by atoms with Gasteiger partial charge in [0.2, 0.25) is 5.91 Å². The first-order valence-electron chi connectivity index (χ1n) is 10.1. The van der Waals surface area contributed by atoms with Gasteiger partial charge in [0.15, 0.2) is 0 Å². The number of carbonyl (C=O) groups excluding carboxylic acids is 1. The van der Waals surface area contributed by atoms with Crippen LogP contribution in [0.25, 0.3) is 0 Å². The van der Waals surface area contributed by atoms with Gasteiger partial charge in [0.05, 0.1) is 0 Å². The molecule has 1 aromatic carbocycles. The molecule has 4 heteroatoms. The smallest absolute Gasteiger partial charge is 0.223 e. The van der Waals surface area contributed by atoms with Gasteiger partial charge in [-0.05, 0) is 49.3 Å². The van der Waals surface area contributed by atoms with E-state index < -0.39 is 0 Å². The van der Waals surface area contributed by atoms with Crippen molar-refractivity contribution in [1.29, 1.82) is 0 Å². The van der Waals surface area contributed by atoms with Gasteiger partial charge in [-0.15, -0.1) is 0 Å². The highest BCUT2D eigenvalue weighted by Gasteiger charge is 2.36. The van der Waals surface area contributed by atoms with Crippen LogP contribution < -0.4 is 0 Å². The Morgan fingerprint density at radius 3 is 2.70 bits per heavy atom. The molecule has 3 aliphatic heterocycles. The third-order valence-electron chi connectivity index (χ3n) is 5.99. The summed E-state index contributed by atoms with van der Waals surface area (Å²) in [6.07, 6.45) is 7.63. The van der Waals surface area contributed by atoms with Crippen LogP contribution in [0.4, 0.5) is 0 Å². The van der Waals surface area contributed by atoms with Crippen molar-refractivity contribution in [3.63, 3.8) is 0 Å². The van der Waals surface area contributed by atoms with E-state index in [1.165, 1.54) is 23.1 Å². The number of hydrogen-bond donors (Lipinski definition) is 0. The van der Waals surface area contributed by atoms with Gasteiger partial charge in [0.1, 0.15) is 0 Å². The topological polar surface area (TPSA) is 36.4 Å². The summed E-state index contributed by atoms with van der Waals surface area (Å²) in [4.78, 5) is 21.9. The highest BCUT2D eigenvalue weighted by molar-refractivity contribution is 5.77. The average Bonchev–Trinajstić information content (AvgIpc) is 2.99. The summed E-state index contributed by atoms with van der Waals surface area (Å²) in [7, 11) is 0. The van der Waals surface area contributed by atoms with Crippen LogP contribution in [0.1, 0.15) is 36.0 Å². The Labute approximate surface area is 162 Å². The molecule has 4 nitrogen and oxygen atoms in total. The van der Waals surface area contributed by atoms with Crippen molar-refractivity contribution in [1.82, 2.24) is 14.8 Å². The fourth-order valence-corrected chi connectivity index (χ4v) is 4.51. The largest absolute Gasteiger partial charge is 0.338 e. The van der Waals surface area contributed by atoms with Crippen LogP contribution in [0.15, 0.2) is 48.8 Å². The molecule has 0 unspecified atom stereocenters. The lowest BCUT2D eigenvalue weighted by Crippen LogP contribution is -2.47. The van der Waals surface area contributed by atoms with E-state index in [2.05, 4.69) is 52.0 Å². The number of nitrogens with zero attached hydrogens (tertiary/aromatic N) is 3. The van der Waals surface area contributed by atoms with Crippen molar-refractivity contribution in [2.75, 3.05) is 19.6 Å². The normalized spacial score (nSPS) is 22.6. The van der Waals surface area contributed by atoms with Crippen LogP contribution in [0, 0.1) is 12.8 Å². The first kappa shape index (κ1) is 18.2. The Kier molecular flexibility index (Phi) is 5.53. The summed E-state index contributed by atoms with van der Waals surface area (Å²) in [6.45, 7) is 6.04. The molecule has 1 amide bonds. The standard InChI is InChI=1S/C23H29N3O/c1-18-4-6-19(7-5-18)9-11-23(27)26-16-21-8-10-22(26)17-25(15-21)14-20-3-2-12-24-13-20/h2-7,12-13,21-22H,8-11,14-17H2,1H3/t21-,22+/m0/s1. The van der Waals surface area contributed by atoms with E-state index in [1.54, 1.807) is 0 Å². The molecule has 3 fully saturated rings. The van der Waals surface area contributed by atoms with Gasteiger partial charge in [-0.2, -0.15) is 0 Å². The lowest BCUT2D eigenvalue weighted by Gasteiger charge is -2.36. The number of rotatable bonds is 5. The van der Waals surface area contributed by atoms with E-state index in [0.717, 1.165) is 39.0 Å². The van der Waals surface area contributed by atoms with Crippen LogP contribution in [-0.4, -0.2) is 46.4 Å². The van der Waals surface area contributed by atoms with Gasteiger partial charge < -0.3 is 4.90 Å². The second-order valence-corrected chi connectivity index (χ2v) is 8.18. The van der Waals surface area contributed by atoms with Crippen LogP contribution in [0.3, 0.4) is 0 Å². The number of aromatic nitrogens is 1. The second-order valence-electron chi connectivity index (χ2n) is 8.18. The molecule has 0 aliphatic carbocycles. The molecule has 0 spiro atoms. The zero-order valence-corrected chi connectivity index (χ0v) is 16.2. The third kappa shape index (κ3) is 4.56. The molecule has 27 heavy (non-hydrogen) atoms. The van der Waals surface area contributed by atoms with E-state index in [9.17, 15) is 4.79 Å². The maximum Gasteiger partial charge on any atom is 0.223 e. The third-order valence-corrected chi connectivity index (χ3v) is 5.99. The summed E-state index contributed by atoms with van der Waals surface area (Å²) in [5.74, 6) is 0.928. The maximum absolute atomic E-state index is 12.9. The number of hydrogen-bond acceptors (Lipinski definition) is 3. The van der Waals surface area contributed by atoms with Crippen molar-refractivity contribution in [2.24, 2.45) is 5.92 Å². The Bertz CT molecular complexity index is 759. The molecule has 3 aliphatic rings. The molecule has 1 aromatic heterocycles. The lowest BCUT2D eigenvalue weighted by molar-refractivity contribution is -0.135. The fraction of sp³-hybridized carbons (Fsp3) is 0.478. The number of benzene rings is 1. The highest BCUT2D eigenvalue weighted by Crippen LogP contribution is 2.29. The SMILES string of the molecule is Cc1ccc(CCC(=O)N2C[C@H]3CC[C@@H]2CN(Cc2cccnc2)C3)cc1. The molecular weight excluding hydrogens is 334 g/mol. The Balaban J connectivity index is 1.36. The molecule has 2 aromatic rings. The quantitative estimate of drug-likeness (QED) is 0.816. The average molecular weight is 364 g/mol. The second kappa shape index (κ2) is 8.22. The van der Waals surface area contributed by atoms with E-state index in [4.69, 9.17) is 0 Å². The molecular formula is C23H29N3O. The highest BCUT2D eigenvalue weighted by atomic mass is 16.2. The van der Waals surface area contributed by atoms with Crippen LogP contribution >= 0.6 is 0 Å². The Morgan fingerprint density at radius 1 is 1.07 bits per heavy atom. The zero-order chi connectivity index (χ0) is 18.6. The summed E-state index contributed by atoms with van der Waals surface area (Å²) >= 11 is 0. The van der Waals surface area contributed by atoms with Gasteiger partial charge in [-0.3, -0.25) is 14.7 Å².